The van der Waals surface area contributed by atoms with Gasteiger partial charge in [-0.15, -0.1) is 0 Å². The van der Waals surface area contributed by atoms with Crippen LogP contribution in [0.1, 0.15) is 85.0 Å². The minimum Gasteiger partial charge on any atom is -0.390 e. The van der Waals surface area contributed by atoms with E-state index in [0.717, 1.165) is 37.0 Å². The van der Waals surface area contributed by atoms with Gasteiger partial charge in [0.1, 0.15) is 5.78 Å². The summed E-state index contributed by atoms with van der Waals surface area (Å²) < 4.78 is 0. The normalized spacial score (nSPS) is 54.0. The molecule has 8 atom stereocenters. The standard InChI is InChI=1S/C23H37BrO2/c1-21(26)11-12-22(2)15(13-21)7-8-16-17-5-4-6-19(20(25)14-24)23(17,3)10-9-18(16)22/h15-19,26H,4-14H2,1-3H3/t15-,16-,17-,18?,19+,21+,22-,23-/m0/s1. The number of ketones is 1. The quantitative estimate of drug-likeness (QED) is 0.572. The molecule has 0 aromatic heterocycles. The highest BCUT2D eigenvalue weighted by Crippen LogP contribution is 2.67. The van der Waals surface area contributed by atoms with Crippen LogP contribution >= 0.6 is 15.9 Å². The molecule has 4 saturated carbocycles. The van der Waals surface area contributed by atoms with Gasteiger partial charge in [0, 0.05) is 5.92 Å². The van der Waals surface area contributed by atoms with E-state index in [-0.39, 0.29) is 11.3 Å². The van der Waals surface area contributed by atoms with Crippen molar-refractivity contribution in [3.8, 4) is 0 Å². The minimum absolute atomic E-state index is 0.230. The van der Waals surface area contributed by atoms with Crippen molar-refractivity contribution in [1.82, 2.24) is 0 Å². The Labute approximate surface area is 168 Å². The second kappa shape index (κ2) is 6.58. The predicted octanol–water partition coefficient (Wildman–Crippen LogP) is 5.75. The van der Waals surface area contributed by atoms with Gasteiger partial charge in [0.05, 0.1) is 10.9 Å². The third-order valence-electron chi connectivity index (χ3n) is 9.72. The highest BCUT2D eigenvalue weighted by atomic mass is 79.9. The largest absolute Gasteiger partial charge is 0.390 e. The first-order valence-electron chi connectivity index (χ1n) is 11.0. The van der Waals surface area contributed by atoms with Crippen molar-refractivity contribution < 1.29 is 9.90 Å². The monoisotopic (exact) mass is 424 g/mol. The Balaban J connectivity index is 1.61. The molecule has 0 radical (unpaired) electrons. The summed E-state index contributed by atoms with van der Waals surface area (Å²) in [6, 6.07) is 0. The van der Waals surface area contributed by atoms with Gasteiger partial charge in [-0.05, 0) is 99.2 Å². The van der Waals surface area contributed by atoms with Crippen LogP contribution in [0, 0.1) is 40.4 Å². The molecular formula is C23H37BrO2. The van der Waals surface area contributed by atoms with Crippen molar-refractivity contribution in [1.29, 1.82) is 0 Å². The van der Waals surface area contributed by atoms with Crippen molar-refractivity contribution in [3.05, 3.63) is 0 Å². The lowest BCUT2D eigenvalue weighted by atomic mass is 9.41. The highest BCUT2D eigenvalue weighted by molar-refractivity contribution is 9.09. The van der Waals surface area contributed by atoms with E-state index in [1.165, 1.54) is 44.9 Å². The molecule has 0 amide bonds. The number of rotatable bonds is 2. The molecule has 0 aromatic rings. The Kier molecular flexibility index (Phi) is 4.91. The Hall–Kier alpha value is 0.110. The zero-order valence-corrected chi connectivity index (χ0v) is 18.5. The fraction of sp³-hybridized carbons (Fsp3) is 0.957. The average molecular weight is 425 g/mol. The Morgan fingerprint density at radius 1 is 0.962 bits per heavy atom. The molecule has 0 bridgehead atoms. The molecule has 4 aliphatic rings. The average Bonchev–Trinajstić information content (AvgIpc) is 2.60. The smallest absolute Gasteiger partial charge is 0.147 e. The van der Waals surface area contributed by atoms with Crippen LogP contribution in [0.5, 0.6) is 0 Å². The van der Waals surface area contributed by atoms with Gasteiger partial charge in [0.15, 0.2) is 0 Å². The van der Waals surface area contributed by atoms with Crippen LogP contribution in [0.25, 0.3) is 0 Å². The van der Waals surface area contributed by atoms with Gasteiger partial charge in [-0.2, -0.15) is 0 Å². The molecule has 2 nitrogen and oxygen atoms in total. The van der Waals surface area contributed by atoms with Gasteiger partial charge in [-0.3, -0.25) is 4.79 Å². The number of Topliss-reactive ketones (excluding diaryl/α,β-unsaturated/α-hetero) is 1. The Morgan fingerprint density at radius 2 is 1.69 bits per heavy atom. The number of halogens is 1. The Bertz CT molecular complexity index is 573. The maximum absolute atomic E-state index is 12.7. The molecule has 0 aliphatic heterocycles. The van der Waals surface area contributed by atoms with Gasteiger partial charge in [-0.1, -0.05) is 36.2 Å². The maximum Gasteiger partial charge on any atom is 0.147 e. The number of hydrogen-bond acceptors (Lipinski definition) is 2. The van der Waals surface area contributed by atoms with Crippen LogP contribution < -0.4 is 0 Å². The molecule has 0 heterocycles. The van der Waals surface area contributed by atoms with Gasteiger partial charge < -0.3 is 5.11 Å². The summed E-state index contributed by atoms with van der Waals surface area (Å²) in [4.78, 5) is 12.7. The zero-order valence-electron chi connectivity index (χ0n) is 16.9. The van der Waals surface area contributed by atoms with Gasteiger partial charge in [-0.25, -0.2) is 0 Å². The minimum atomic E-state index is -0.446. The van der Waals surface area contributed by atoms with Crippen LogP contribution in [0.3, 0.4) is 0 Å². The van der Waals surface area contributed by atoms with E-state index in [1.54, 1.807) is 0 Å². The topological polar surface area (TPSA) is 37.3 Å². The summed E-state index contributed by atoms with van der Waals surface area (Å²) in [6.07, 6.45) is 12.0. The molecule has 1 N–H and O–H groups in total. The zero-order chi connectivity index (χ0) is 18.7. The molecular weight excluding hydrogens is 388 g/mol. The molecule has 4 rings (SSSR count). The van der Waals surface area contributed by atoms with E-state index < -0.39 is 5.60 Å². The molecule has 3 heteroatoms. The lowest BCUT2D eigenvalue weighted by Crippen LogP contribution is -2.58. The summed E-state index contributed by atoms with van der Waals surface area (Å²) >= 11 is 3.45. The van der Waals surface area contributed by atoms with Gasteiger partial charge in [0.2, 0.25) is 0 Å². The third-order valence-corrected chi connectivity index (χ3v) is 10.3. The maximum atomic E-state index is 12.7. The van der Waals surface area contributed by atoms with E-state index in [9.17, 15) is 9.90 Å². The second-order valence-electron chi connectivity index (χ2n) is 11.0. The summed E-state index contributed by atoms with van der Waals surface area (Å²) in [5, 5.41) is 11.2. The predicted molar refractivity (Wildman–Crippen MR) is 109 cm³/mol. The van der Waals surface area contributed by atoms with Crippen LogP contribution in [0.15, 0.2) is 0 Å². The number of carbonyl (C=O) groups excluding carboxylic acids is 1. The fourth-order valence-corrected chi connectivity index (χ4v) is 8.64. The van der Waals surface area contributed by atoms with Gasteiger partial charge in [0.25, 0.3) is 0 Å². The molecule has 0 saturated heterocycles. The summed E-state index contributed by atoms with van der Waals surface area (Å²) in [7, 11) is 0. The lowest BCUT2D eigenvalue weighted by molar-refractivity contribution is -0.168. The first-order chi connectivity index (χ1) is 12.2. The van der Waals surface area contributed by atoms with Crippen LogP contribution in [0.4, 0.5) is 0 Å². The lowest BCUT2D eigenvalue weighted by Gasteiger charge is -2.64. The van der Waals surface area contributed by atoms with Crippen molar-refractivity contribution in [2.24, 2.45) is 40.4 Å². The molecule has 148 valence electrons. The van der Waals surface area contributed by atoms with E-state index in [2.05, 4.69) is 29.8 Å². The van der Waals surface area contributed by atoms with Crippen molar-refractivity contribution in [3.63, 3.8) is 0 Å². The summed E-state index contributed by atoms with van der Waals surface area (Å²) in [6.45, 7) is 7.06. The van der Waals surface area contributed by atoms with Gasteiger partial charge >= 0.3 is 0 Å². The van der Waals surface area contributed by atoms with Crippen LogP contribution in [-0.4, -0.2) is 21.8 Å². The number of fused-ring (bicyclic) bond motifs is 5. The molecule has 4 fully saturated rings. The van der Waals surface area contributed by atoms with Crippen molar-refractivity contribution in [2.45, 2.75) is 90.6 Å². The second-order valence-corrected chi connectivity index (χ2v) is 11.5. The third kappa shape index (κ3) is 2.86. The van der Waals surface area contributed by atoms with Crippen LogP contribution in [-0.2, 0) is 4.79 Å². The van der Waals surface area contributed by atoms with E-state index in [0.29, 0.717) is 22.4 Å². The number of aliphatic hydroxyl groups is 1. The van der Waals surface area contributed by atoms with E-state index in [1.807, 2.05) is 6.92 Å². The Morgan fingerprint density at radius 3 is 2.42 bits per heavy atom. The molecule has 1 unspecified atom stereocenters. The SMILES string of the molecule is C[C@@]1(O)CC[C@]2(C)C3CC[C@]4(C)[C@@H](C(=O)CBr)CCC[C@H]4[C@@H]3CC[C@H]2C1. The van der Waals surface area contributed by atoms with E-state index >= 15 is 0 Å². The number of carbonyl (C=O) groups is 1. The molecule has 4 aliphatic carbocycles. The molecule has 0 spiro atoms. The molecule has 0 aromatic carbocycles. The summed E-state index contributed by atoms with van der Waals surface area (Å²) in [5.41, 5.74) is 0.199. The van der Waals surface area contributed by atoms with E-state index in [4.69, 9.17) is 0 Å². The first-order valence-corrected chi connectivity index (χ1v) is 12.1. The number of hydrogen-bond donors (Lipinski definition) is 1. The van der Waals surface area contributed by atoms with Crippen molar-refractivity contribution in [2.75, 3.05) is 5.33 Å². The highest BCUT2D eigenvalue weighted by Gasteiger charge is 2.60. The van der Waals surface area contributed by atoms with Crippen molar-refractivity contribution >= 4 is 21.7 Å². The number of alkyl halides is 1. The van der Waals surface area contributed by atoms with Crippen LogP contribution in [0.2, 0.25) is 0 Å². The fourth-order valence-electron chi connectivity index (χ4n) is 8.25. The summed E-state index contributed by atoms with van der Waals surface area (Å²) in [5.74, 6) is 3.78. The first kappa shape index (κ1) is 19.4. The molecule has 26 heavy (non-hydrogen) atoms.